The van der Waals surface area contributed by atoms with Crippen molar-refractivity contribution >= 4 is 56.6 Å². The summed E-state index contributed by atoms with van der Waals surface area (Å²) < 4.78 is 45.3. The molecule has 0 fully saturated rings. The summed E-state index contributed by atoms with van der Waals surface area (Å²) in [4.78, 5) is 12.6. The van der Waals surface area contributed by atoms with Crippen LogP contribution in [0.25, 0.3) is 0 Å². The normalized spacial score (nSPS) is 13.2. The number of nitrogens with zero attached hydrogens (tertiary/aromatic N) is 5. The van der Waals surface area contributed by atoms with E-state index in [9.17, 15) is 22.3 Å². The van der Waals surface area contributed by atoms with Crippen molar-refractivity contribution in [3.8, 4) is 0 Å². The van der Waals surface area contributed by atoms with Gasteiger partial charge in [-0.2, -0.15) is 15.3 Å². The average molecular weight is 528 g/mol. The molecule has 0 aliphatic heterocycles. The lowest BCUT2D eigenvalue weighted by molar-refractivity contribution is -0.137. The average Bonchev–Trinajstić information content (AvgIpc) is 2.86. The van der Waals surface area contributed by atoms with E-state index in [0.717, 1.165) is 5.69 Å². The first-order valence-electron chi connectivity index (χ1n) is 10.5. The van der Waals surface area contributed by atoms with E-state index >= 15 is 0 Å². The van der Waals surface area contributed by atoms with Crippen molar-refractivity contribution in [3.63, 3.8) is 0 Å². The Morgan fingerprint density at radius 2 is 1.39 bits per heavy atom. The molecule has 0 saturated carbocycles. The second-order valence-electron chi connectivity index (χ2n) is 7.45. The first kappa shape index (κ1) is 26.9. The Kier molecular flexibility index (Phi) is 9.64. The maximum atomic E-state index is 11.7. The van der Waals surface area contributed by atoms with E-state index in [1.807, 2.05) is 24.1 Å². The monoisotopic (exact) mass is 527 g/mol. The van der Waals surface area contributed by atoms with Crippen molar-refractivity contribution in [2.45, 2.75) is 22.6 Å². The molecule has 3 aromatic carbocycles. The van der Waals surface area contributed by atoms with E-state index < -0.39 is 28.1 Å². The van der Waals surface area contributed by atoms with Crippen molar-refractivity contribution in [3.05, 3.63) is 66.7 Å². The third kappa shape index (κ3) is 7.95. The highest BCUT2D eigenvalue weighted by molar-refractivity contribution is 7.79. The van der Waals surface area contributed by atoms with Crippen molar-refractivity contribution in [2.24, 2.45) is 20.5 Å². The minimum Gasteiger partial charge on any atom is -0.768 e. The molecule has 1 N–H and O–H groups in total. The van der Waals surface area contributed by atoms with Gasteiger partial charge in [0.15, 0.2) is 0 Å². The molecule has 0 amide bonds. The van der Waals surface area contributed by atoms with Gasteiger partial charge in [0.2, 0.25) is 0 Å². The molecule has 0 spiro atoms. The van der Waals surface area contributed by atoms with Gasteiger partial charge in [0.25, 0.3) is 0 Å². The van der Waals surface area contributed by atoms with Crippen molar-refractivity contribution in [1.29, 1.82) is 0 Å². The summed E-state index contributed by atoms with van der Waals surface area (Å²) in [6, 6.07) is 17.1. The van der Waals surface area contributed by atoms with Gasteiger partial charge < -0.3 is 19.1 Å². The Bertz CT molecular complexity index is 1310. The summed E-state index contributed by atoms with van der Waals surface area (Å²) in [5.74, 6) is -0.833. The molecule has 188 valence electrons. The number of benzene rings is 3. The highest BCUT2D eigenvalue weighted by Crippen LogP contribution is 2.30. The number of carboxylic acid groups (broad SMARTS) is 1. The standard InChI is InChI=1S/C23H23N5O6S2/c1-28(14-2-3-23(29)30)19-9-4-16(5-10-19)25-27-21-13-8-18(15-22(21)36(33)34)26-24-17-6-11-20(12-7-17)35(31)32/h4-13,15H,2-3,14H2,1H3,(H,29,30)(H,31,32)(H,33,34)/p-2. The summed E-state index contributed by atoms with van der Waals surface area (Å²) >= 11 is -4.94. The fourth-order valence-corrected chi connectivity index (χ4v) is 3.86. The Morgan fingerprint density at radius 3 is 1.97 bits per heavy atom. The summed E-state index contributed by atoms with van der Waals surface area (Å²) in [5, 5.41) is 24.9. The number of anilines is 1. The van der Waals surface area contributed by atoms with Crippen LogP contribution >= 0.6 is 0 Å². The van der Waals surface area contributed by atoms with E-state index in [4.69, 9.17) is 5.11 Å². The second kappa shape index (κ2) is 12.9. The predicted octanol–water partition coefficient (Wildman–Crippen LogP) is 5.29. The lowest BCUT2D eigenvalue weighted by atomic mass is 10.2. The van der Waals surface area contributed by atoms with Crippen molar-refractivity contribution in [1.82, 2.24) is 0 Å². The first-order valence-corrected chi connectivity index (χ1v) is 12.7. The molecule has 2 atom stereocenters. The molecular weight excluding hydrogens is 506 g/mol. The Labute approximate surface area is 212 Å². The Hall–Kier alpha value is -3.65. The van der Waals surface area contributed by atoms with Crippen LogP contribution in [0.4, 0.5) is 28.4 Å². The van der Waals surface area contributed by atoms with E-state index in [-0.39, 0.29) is 27.6 Å². The van der Waals surface area contributed by atoms with Crippen LogP contribution in [0.5, 0.6) is 0 Å². The zero-order chi connectivity index (χ0) is 26.1. The zero-order valence-corrected chi connectivity index (χ0v) is 20.6. The molecule has 0 heterocycles. The number of carbonyl (C=O) groups is 1. The van der Waals surface area contributed by atoms with Crippen LogP contribution in [0.1, 0.15) is 12.8 Å². The lowest BCUT2D eigenvalue weighted by Crippen LogP contribution is -2.19. The summed E-state index contributed by atoms with van der Waals surface area (Å²) in [7, 11) is 1.86. The molecule has 0 aromatic heterocycles. The molecule has 13 heteroatoms. The number of azo groups is 2. The largest absolute Gasteiger partial charge is 0.768 e. The molecular formula is C23H21N5O6S2-2. The van der Waals surface area contributed by atoms with E-state index in [1.54, 1.807) is 12.1 Å². The number of hydrogen-bond acceptors (Lipinski definition) is 10. The van der Waals surface area contributed by atoms with Gasteiger partial charge in [0.05, 0.1) is 22.0 Å². The van der Waals surface area contributed by atoms with Crippen molar-refractivity contribution in [2.75, 3.05) is 18.5 Å². The molecule has 11 nitrogen and oxygen atoms in total. The molecule has 0 aliphatic rings. The number of carboxylic acids is 1. The number of aliphatic carboxylic acids is 1. The quantitative estimate of drug-likeness (QED) is 0.260. The van der Waals surface area contributed by atoms with Gasteiger partial charge in [-0.3, -0.25) is 13.2 Å². The summed E-state index contributed by atoms with van der Waals surface area (Å²) in [5.41, 5.74) is 2.17. The third-order valence-corrected chi connectivity index (χ3v) is 6.22. The highest BCUT2D eigenvalue weighted by atomic mass is 32.2. The van der Waals surface area contributed by atoms with Gasteiger partial charge in [-0.25, -0.2) is 0 Å². The first-order chi connectivity index (χ1) is 17.2. The van der Waals surface area contributed by atoms with Crippen LogP contribution in [-0.2, 0) is 27.0 Å². The van der Waals surface area contributed by atoms with Gasteiger partial charge in [0, 0.05) is 30.6 Å². The van der Waals surface area contributed by atoms with Crippen LogP contribution in [-0.4, -0.2) is 42.2 Å². The molecule has 0 radical (unpaired) electrons. The van der Waals surface area contributed by atoms with Crippen LogP contribution in [0, 0.1) is 0 Å². The zero-order valence-electron chi connectivity index (χ0n) is 19.0. The van der Waals surface area contributed by atoms with Crippen LogP contribution in [0.2, 0.25) is 0 Å². The molecule has 0 aliphatic carbocycles. The van der Waals surface area contributed by atoms with Crippen LogP contribution < -0.4 is 4.90 Å². The second-order valence-corrected chi connectivity index (χ2v) is 9.30. The predicted molar refractivity (Wildman–Crippen MR) is 132 cm³/mol. The summed E-state index contributed by atoms with van der Waals surface area (Å²) in [6.07, 6.45) is 0.618. The van der Waals surface area contributed by atoms with Crippen LogP contribution in [0.15, 0.2) is 97.0 Å². The van der Waals surface area contributed by atoms with Gasteiger partial charge >= 0.3 is 5.97 Å². The third-order valence-electron chi connectivity index (χ3n) is 4.88. The smallest absolute Gasteiger partial charge is 0.303 e. The Balaban J connectivity index is 1.70. The minimum atomic E-state index is -2.60. The minimum absolute atomic E-state index is 0.0963. The van der Waals surface area contributed by atoms with Gasteiger partial charge in [0.1, 0.15) is 5.69 Å². The molecule has 0 bridgehead atoms. The van der Waals surface area contributed by atoms with Crippen LogP contribution in [0.3, 0.4) is 0 Å². The molecule has 0 saturated heterocycles. The Morgan fingerprint density at radius 1 is 0.833 bits per heavy atom. The maximum absolute atomic E-state index is 11.7. The SMILES string of the molecule is CN(CCCC(=O)O)c1ccc(N=Nc2ccc(N=Nc3ccc(S(=O)[O-])cc3)cc2S(=O)[O-])cc1. The highest BCUT2D eigenvalue weighted by Gasteiger charge is 2.06. The van der Waals surface area contributed by atoms with Gasteiger partial charge in [-0.1, -0.05) is 0 Å². The molecule has 36 heavy (non-hydrogen) atoms. The lowest BCUT2D eigenvalue weighted by Gasteiger charge is -2.18. The van der Waals surface area contributed by atoms with Crippen molar-refractivity contribution < 1.29 is 27.4 Å². The summed E-state index contributed by atoms with van der Waals surface area (Å²) in [6.45, 7) is 0.585. The number of rotatable bonds is 11. The number of hydrogen-bond donors (Lipinski definition) is 1. The maximum Gasteiger partial charge on any atom is 0.303 e. The topological polar surface area (TPSA) is 170 Å². The molecule has 2 unspecified atom stereocenters. The van der Waals surface area contributed by atoms with Gasteiger partial charge in [-0.05, 0) is 95.3 Å². The van der Waals surface area contributed by atoms with Gasteiger partial charge in [-0.15, -0.1) is 5.11 Å². The molecule has 3 aromatic rings. The molecule has 3 rings (SSSR count). The van der Waals surface area contributed by atoms with E-state index in [1.165, 1.54) is 42.5 Å². The fraction of sp³-hybridized carbons (Fsp3) is 0.174. The fourth-order valence-electron chi connectivity index (χ4n) is 3.00. The van der Waals surface area contributed by atoms with E-state index in [0.29, 0.717) is 24.3 Å². The van der Waals surface area contributed by atoms with E-state index in [2.05, 4.69) is 20.5 Å².